The summed E-state index contributed by atoms with van der Waals surface area (Å²) in [6, 6.07) is 11.5. The minimum atomic E-state index is 0.407. The van der Waals surface area contributed by atoms with Crippen molar-refractivity contribution in [3.63, 3.8) is 0 Å². The van der Waals surface area contributed by atoms with Gasteiger partial charge in [0.05, 0.1) is 6.61 Å². The van der Waals surface area contributed by atoms with Crippen LogP contribution < -0.4 is 5.32 Å². The molecule has 0 amide bonds. The van der Waals surface area contributed by atoms with Crippen LogP contribution in [0, 0.1) is 0 Å². The molecule has 0 spiro atoms. The van der Waals surface area contributed by atoms with Gasteiger partial charge < -0.3 is 10.1 Å². The van der Waals surface area contributed by atoms with Crippen molar-refractivity contribution in [3.8, 4) is 0 Å². The van der Waals surface area contributed by atoms with E-state index in [1.54, 1.807) is 18.4 Å². The minimum absolute atomic E-state index is 0.407. The molecule has 0 radical (unpaired) electrons. The summed E-state index contributed by atoms with van der Waals surface area (Å²) < 4.78 is 5.19. The number of aryl methyl sites for hydroxylation is 1. The van der Waals surface area contributed by atoms with Gasteiger partial charge in [-0.2, -0.15) is 11.3 Å². The van der Waals surface area contributed by atoms with Crippen molar-refractivity contribution in [2.75, 3.05) is 20.3 Å². The molecule has 3 rings (SSSR count). The van der Waals surface area contributed by atoms with Gasteiger partial charge in [0.15, 0.2) is 0 Å². The number of benzene rings is 1. The fraction of sp³-hybridized carbons (Fsp3) is 0.412. The Morgan fingerprint density at radius 2 is 2.20 bits per heavy atom. The molecule has 1 aliphatic carbocycles. The van der Waals surface area contributed by atoms with Crippen LogP contribution in [0.4, 0.5) is 0 Å². The molecule has 0 unspecified atom stereocenters. The smallest absolute Gasteiger partial charge is 0.0587 e. The summed E-state index contributed by atoms with van der Waals surface area (Å²) in [4.78, 5) is 0. The van der Waals surface area contributed by atoms with Crippen LogP contribution >= 0.6 is 11.3 Å². The first-order chi connectivity index (χ1) is 9.90. The van der Waals surface area contributed by atoms with Crippen LogP contribution in [0.1, 0.15) is 35.1 Å². The number of ether oxygens (including phenoxy) is 1. The molecule has 0 bridgehead atoms. The topological polar surface area (TPSA) is 21.3 Å². The van der Waals surface area contributed by atoms with E-state index >= 15 is 0 Å². The highest BCUT2D eigenvalue weighted by atomic mass is 32.1. The van der Waals surface area contributed by atoms with E-state index in [0.717, 1.165) is 13.2 Å². The maximum Gasteiger partial charge on any atom is 0.0587 e. The zero-order chi connectivity index (χ0) is 13.8. The lowest BCUT2D eigenvalue weighted by Gasteiger charge is -2.34. The second-order valence-corrected chi connectivity index (χ2v) is 6.11. The summed E-state index contributed by atoms with van der Waals surface area (Å²) in [5.41, 5.74) is 4.43. The minimum Gasteiger partial charge on any atom is -0.383 e. The first-order valence-electron chi connectivity index (χ1n) is 7.22. The molecule has 3 heteroatoms. The molecule has 20 heavy (non-hydrogen) atoms. The van der Waals surface area contributed by atoms with Gasteiger partial charge in [0, 0.05) is 25.6 Å². The summed E-state index contributed by atoms with van der Waals surface area (Å²) in [6.07, 6.45) is 2.40. The lowest BCUT2D eigenvalue weighted by Crippen LogP contribution is -2.33. The Morgan fingerprint density at radius 3 is 3.00 bits per heavy atom. The third kappa shape index (κ3) is 2.80. The molecule has 106 valence electrons. The number of rotatable bonds is 5. The van der Waals surface area contributed by atoms with E-state index in [2.05, 4.69) is 46.4 Å². The first-order valence-corrected chi connectivity index (χ1v) is 8.16. The predicted octanol–water partition coefficient (Wildman–Crippen LogP) is 3.76. The molecule has 0 saturated carbocycles. The Kier molecular flexibility index (Phi) is 4.51. The predicted molar refractivity (Wildman–Crippen MR) is 84.4 cm³/mol. The van der Waals surface area contributed by atoms with Crippen molar-refractivity contribution in [2.45, 2.75) is 24.8 Å². The highest BCUT2D eigenvalue weighted by molar-refractivity contribution is 7.07. The molecule has 1 heterocycles. The van der Waals surface area contributed by atoms with Gasteiger partial charge in [0.2, 0.25) is 0 Å². The number of hydrogen-bond acceptors (Lipinski definition) is 3. The lowest BCUT2D eigenvalue weighted by atomic mass is 9.77. The number of nitrogens with one attached hydrogen (secondary N) is 1. The summed E-state index contributed by atoms with van der Waals surface area (Å²) in [5.74, 6) is 0.577. The molecule has 0 fully saturated rings. The largest absolute Gasteiger partial charge is 0.383 e. The zero-order valence-electron chi connectivity index (χ0n) is 11.8. The molecule has 2 nitrogen and oxygen atoms in total. The van der Waals surface area contributed by atoms with Crippen LogP contribution in [0.25, 0.3) is 0 Å². The summed E-state index contributed by atoms with van der Waals surface area (Å²) in [5, 5.41) is 8.17. The Balaban J connectivity index is 1.87. The highest BCUT2D eigenvalue weighted by Crippen LogP contribution is 2.41. The standard InChI is InChI=1S/C17H21NOS/c1-19-10-9-18-17-15-5-3-2-4-13(15)6-7-16(17)14-8-11-20-12-14/h2-5,8,11-12,16-18H,6-7,9-10H2,1H3/t16-,17+/m1/s1. The molecular weight excluding hydrogens is 266 g/mol. The monoisotopic (exact) mass is 287 g/mol. The maximum absolute atomic E-state index is 5.19. The molecule has 0 aliphatic heterocycles. The lowest BCUT2D eigenvalue weighted by molar-refractivity contribution is 0.192. The SMILES string of the molecule is COCCN[C@H]1c2ccccc2CC[C@@H]1c1ccsc1. The van der Waals surface area contributed by atoms with Crippen molar-refractivity contribution < 1.29 is 4.74 Å². The van der Waals surface area contributed by atoms with E-state index in [0.29, 0.717) is 12.0 Å². The fourth-order valence-corrected chi connectivity index (χ4v) is 3.90. The van der Waals surface area contributed by atoms with Gasteiger partial charge in [0.25, 0.3) is 0 Å². The number of thiophene rings is 1. The van der Waals surface area contributed by atoms with Crippen LogP contribution in [-0.2, 0) is 11.2 Å². The van der Waals surface area contributed by atoms with Crippen LogP contribution in [0.15, 0.2) is 41.1 Å². The van der Waals surface area contributed by atoms with Gasteiger partial charge >= 0.3 is 0 Å². The second-order valence-electron chi connectivity index (χ2n) is 5.33. The van der Waals surface area contributed by atoms with E-state index < -0.39 is 0 Å². The summed E-state index contributed by atoms with van der Waals surface area (Å²) in [7, 11) is 1.76. The van der Waals surface area contributed by atoms with Crippen LogP contribution in [0.3, 0.4) is 0 Å². The Bertz CT molecular complexity index is 538. The van der Waals surface area contributed by atoms with Gasteiger partial charge in [-0.05, 0) is 46.4 Å². The molecule has 0 saturated heterocycles. The van der Waals surface area contributed by atoms with Crippen LogP contribution in [0.5, 0.6) is 0 Å². The van der Waals surface area contributed by atoms with Crippen molar-refractivity contribution in [3.05, 3.63) is 57.8 Å². The molecule has 1 aromatic carbocycles. The van der Waals surface area contributed by atoms with E-state index in [4.69, 9.17) is 4.74 Å². The quantitative estimate of drug-likeness (QED) is 0.846. The van der Waals surface area contributed by atoms with Crippen molar-refractivity contribution in [2.24, 2.45) is 0 Å². The van der Waals surface area contributed by atoms with Crippen LogP contribution in [-0.4, -0.2) is 20.3 Å². The molecule has 1 aromatic heterocycles. The van der Waals surface area contributed by atoms with Crippen molar-refractivity contribution in [1.82, 2.24) is 5.32 Å². The molecule has 2 aromatic rings. The third-order valence-corrected chi connectivity index (χ3v) is 4.86. The van der Waals surface area contributed by atoms with Gasteiger partial charge in [-0.1, -0.05) is 24.3 Å². The van der Waals surface area contributed by atoms with E-state index in [1.165, 1.54) is 29.5 Å². The normalized spacial score (nSPS) is 21.6. The van der Waals surface area contributed by atoms with Crippen LogP contribution in [0.2, 0.25) is 0 Å². The van der Waals surface area contributed by atoms with Gasteiger partial charge in [-0.15, -0.1) is 0 Å². The van der Waals surface area contributed by atoms with Crippen molar-refractivity contribution in [1.29, 1.82) is 0 Å². The molecular formula is C17H21NOS. The Hall–Kier alpha value is -1.16. The van der Waals surface area contributed by atoms with Gasteiger partial charge in [-0.3, -0.25) is 0 Å². The van der Waals surface area contributed by atoms with Gasteiger partial charge in [-0.25, -0.2) is 0 Å². The van der Waals surface area contributed by atoms with E-state index in [9.17, 15) is 0 Å². The average molecular weight is 287 g/mol. The zero-order valence-corrected chi connectivity index (χ0v) is 12.7. The Morgan fingerprint density at radius 1 is 1.30 bits per heavy atom. The molecule has 1 N–H and O–H groups in total. The second kappa shape index (κ2) is 6.53. The van der Waals surface area contributed by atoms with E-state index in [-0.39, 0.29) is 0 Å². The first kappa shape index (κ1) is 13.8. The van der Waals surface area contributed by atoms with Gasteiger partial charge in [0.1, 0.15) is 0 Å². The van der Waals surface area contributed by atoms with E-state index in [1.807, 2.05) is 0 Å². The Labute approximate surface area is 124 Å². The summed E-state index contributed by atoms with van der Waals surface area (Å²) >= 11 is 1.79. The highest BCUT2D eigenvalue weighted by Gasteiger charge is 2.30. The number of methoxy groups -OCH3 is 1. The molecule has 1 aliphatic rings. The number of hydrogen-bond donors (Lipinski definition) is 1. The fourth-order valence-electron chi connectivity index (χ4n) is 3.17. The summed E-state index contributed by atoms with van der Waals surface area (Å²) in [6.45, 7) is 1.66. The molecule has 2 atom stereocenters. The maximum atomic E-state index is 5.19. The number of fused-ring (bicyclic) bond motifs is 1. The average Bonchev–Trinajstić information content (AvgIpc) is 3.01. The van der Waals surface area contributed by atoms with Crippen molar-refractivity contribution >= 4 is 11.3 Å². The third-order valence-electron chi connectivity index (χ3n) is 4.16.